The molecule has 2 heterocycles. The van der Waals surface area contributed by atoms with Crippen LogP contribution in [0.25, 0.3) is 11.0 Å². The number of aryl methyl sites for hydroxylation is 1. The van der Waals surface area contributed by atoms with Crippen LogP contribution in [0.4, 0.5) is 8.78 Å². The summed E-state index contributed by atoms with van der Waals surface area (Å²) in [6.07, 6.45) is 1.29. The zero-order valence-corrected chi connectivity index (χ0v) is 24.3. The first-order chi connectivity index (χ1) is 20.6. The molecule has 1 aliphatic rings. The maximum absolute atomic E-state index is 14.1. The van der Waals surface area contributed by atoms with E-state index in [-0.39, 0.29) is 29.0 Å². The van der Waals surface area contributed by atoms with Gasteiger partial charge in [-0.3, -0.25) is 9.59 Å². The number of halogens is 3. The predicted octanol–water partition coefficient (Wildman–Crippen LogP) is 6.10. The van der Waals surface area contributed by atoms with Crippen molar-refractivity contribution in [1.82, 2.24) is 9.80 Å². The van der Waals surface area contributed by atoms with Gasteiger partial charge >= 0.3 is 17.4 Å². The third kappa shape index (κ3) is 7.14. The van der Waals surface area contributed by atoms with Gasteiger partial charge < -0.3 is 23.7 Å². The highest BCUT2D eigenvalue weighted by molar-refractivity contribution is 6.34. The summed E-state index contributed by atoms with van der Waals surface area (Å²) >= 11 is 5.73. The lowest BCUT2D eigenvalue weighted by Gasteiger charge is -2.32. The van der Waals surface area contributed by atoms with Gasteiger partial charge in [0.2, 0.25) is 0 Å². The molecule has 3 aromatic carbocycles. The van der Waals surface area contributed by atoms with Crippen LogP contribution in [0.1, 0.15) is 24.0 Å². The summed E-state index contributed by atoms with van der Waals surface area (Å²) < 4.78 is 44.9. The highest BCUT2D eigenvalue weighted by Gasteiger charge is 2.30. The molecular formula is C32H29ClF2N2O6. The quantitative estimate of drug-likeness (QED) is 0.186. The van der Waals surface area contributed by atoms with Gasteiger partial charge in [-0.25, -0.2) is 13.6 Å². The molecule has 0 N–H and O–H groups in total. The predicted molar refractivity (Wildman–Crippen MR) is 156 cm³/mol. The second-order valence-electron chi connectivity index (χ2n) is 10.5. The van der Waals surface area contributed by atoms with Gasteiger partial charge in [0.25, 0.3) is 0 Å². The van der Waals surface area contributed by atoms with Crippen LogP contribution >= 0.6 is 11.6 Å². The minimum atomic E-state index is -0.740. The Morgan fingerprint density at radius 3 is 2.51 bits per heavy atom. The summed E-state index contributed by atoms with van der Waals surface area (Å²) in [4.78, 5) is 40.4. The maximum atomic E-state index is 14.1. The average Bonchev–Trinajstić information content (AvgIpc) is 2.98. The second-order valence-corrected chi connectivity index (χ2v) is 11.0. The summed E-state index contributed by atoms with van der Waals surface area (Å²) in [6, 6.07) is 14.5. The van der Waals surface area contributed by atoms with Gasteiger partial charge in [0.1, 0.15) is 34.5 Å². The molecule has 43 heavy (non-hydrogen) atoms. The van der Waals surface area contributed by atoms with Crippen LogP contribution in [0.3, 0.4) is 0 Å². The Balaban J connectivity index is 1.15. The Hall–Kier alpha value is -4.44. The molecule has 5 rings (SSSR count). The number of hydrogen-bond acceptors (Lipinski definition) is 6. The summed E-state index contributed by atoms with van der Waals surface area (Å²) in [7, 11) is 1.45. The van der Waals surface area contributed by atoms with E-state index in [1.807, 2.05) is 19.1 Å². The highest BCUT2D eigenvalue weighted by Crippen LogP contribution is 2.30. The van der Waals surface area contributed by atoms with Crippen molar-refractivity contribution in [3.8, 4) is 17.2 Å². The molecule has 11 heteroatoms. The number of likely N-dealkylation sites (tertiary alicyclic amines) is 1. The Labute approximate surface area is 251 Å². The lowest BCUT2D eigenvalue weighted by atomic mass is 9.97. The number of fused-ring (bicyclic) bond motifs is 1. The molecule has 1 saturated heterocycles. The standard InChI is InChI=1S/C32H29ClF2N2O6/c1-19-13-30(38)43-29-16-23(4-6-25(19)29)41-18-20-9-11-37(12-10-20)32(40)31(39)36(2)17-21-14-22(34)3-8-28(21)42-24-5-7-26(33)27(35)15-24/h3-8,13-16,20H,9-12,17-18H2,1-2H3. The summed E-state index contributed by atoms with van der Waals surface area (Å²) in [6.45, 7) is 2.92. The topological polar surface area (TPSA) is 89.3 Å². The lowest BCUT2D eigenvalue weighted by Crippen LogP contribution is -2.47. The van der Waals surface area contributed by atoms with Crippen LogP contribution in [0, 0.1) is 24.5 Å². The Morgan fingerprint density at radius 2 is 1.77 bits per heavy atom. The fourth-order valence-corrected chi connectivity index (χ4v) is 5.09. The molecule has 0 bridgehead atoms. The molecule has 0 spiro atoms. The summed E-state index contributed by atoms with van der Waals surface area (Å²) in [5.41, 5.74) is 1.17. The van der Waals surface area contributed by atoms with Gasteiger partial charge in [-0.1, -0.05) is 11.6 Å². The number of nitrogens with zero attached hydrogens (tertiary/aromatic N) is 2. The number of carbonyl (C=O) groups is 2. The number of hydrogen-bond donors (Lipinski definition) is 0. The highest BCUT2D eigenvalue weighted by atomic mass is 35.5. The van der Waals surface area contributed by atoms with Gasteiger partial charge in [0.15, 0.2) is 0 Å². The van der Waals surface area contributed by atoms with Crippen molar-refractivity contribution in [1.29, 1.82) is 0 Å². The van der Waals surface area contributed by atoms with Crippen LogP contribution in [0.2, 0.25) is 5.02 Å². The Bertz CT molecular complexity index is 1740. The van der Waals surface area contributed by atoms with Crippen molar-refractivity contribution in [3.05, 3.63) is 98.9 Å². The monoisotopic (exact) mass is 610 g/mol. The minimum Gasteiger partial charge on any atom is -0.493 e. The van der Waals surface area contributed by atoms with Crippen LogP contribution in [-0.2, 0) is 16.1 Å². The number of rotatable bonds is 7. The molecule has 2 amide bonds. The van der Waals surface area contributed by atoms with Crippen molar-refractivity contribution in [2.75, 3.05) is 26.7 Å². The molecule has 4 aromatic rings. The van der Waals surface area contributed by atoms with Crippen LogP contribution in [0.5, 0.6) is 17.2 Å². The molecule has 1 aromatic heterocycles. The third-order valence-electron chi connectivity index (χ3n) is 7.39. The molecule has 1 aliphatic heterocycles. The molecule has 1 fully saturated rings. The number of benzene rings is 3. The Morgan fingerprint density at radius 1 is 1.02 bits per heavy atom. The largest absolute Gasteiger partial charge is 0.493 e. The summed E-state index contributed by atoms with van der Waals surface area (Å²) in [5, 5.41) is 0.773. The number of carbonyl (C=O) groups excluding carboxylic acids is 2. The normalized spacial score (nSPS) is 13.7. The smallest absolute Gasteiger partial charge is 0.336 e. The third-order valence-corrected chi connectivity index (χ3v) is 7.70. The van der Waals surface area contributed by atoms with E-state index in [1.165, 1.54) is 53.2 Å². The van der Waals surface area contributed by atoms with E-state index in [0.29, 0.717) is 49.4 Å². The molecule has 8 nitrogen and oxygen atoms in total. The van der Waals surface area contributed by atoms with Crippen LogP contribution in [-0.4, -0.2) is 48.4 Å². The van der Waals surface area contributed by atoms with Crippen molar-refractivity contribution in [3.63, 3.8) is 0 Å². The van der Waals surface area contributed by atoms with Gasteiger partial charge in [0, 0.05) is 55.8 Å². The van der Waals surface area contributed by atoms with Gasteiger partial charge in [-0.15, -0.1) is 0 Å². The molecule has 0 aliphatic carbocycles. The molecule has 0 atom stereocenters. The Kier molecular flexibility index (Phi) is 8.96. The lowest BCUT2D eigenvalue weighted by molar-refractivity contribution is -0.152. The first-order valence-electron chi connectivity index (χ1n) is 13.7. The SMILES string of the molecule is Cc1cc(=O)oc2cc(OCC3CCN(C(=O)C(=O)N(C)Cc4cc(F)ccc4Oc4ccc(Cl)c(F)c4)CC3)ccc12. The van der Waals surface area contributed by atoms with E-state index in [2.05, 4.69) is 0 Å². The van der Waals surface area contributed by atoms with Crippen molar-refractivity contribution >= 4 is 34.4 Å². The fourth-order valence-electron chi connectivity index (χ4n) is 4.98. The minimum absolute atomic E-state index is 0.0664. The van der Waals surface area contributed by atoms with Crippen molar-refractivity contribution in [2.24, 2.45) is 5.92 Å². The van der Waals surface area contributed by atoms with E-state index in [4.69, 9.17) is 25.5 Å². The van der Waals surface area contributed by atoms with E-state index in [0.717, 1.165) is 17.0 Å². The van der Waals surface area contributed by atoms with Gasteiger partial charge in [-0.2, -0.15) is 0 Å². The first-order valence-corrected chi connectivity index (χ1v) is 14.1. The molecule has 0 unspecified atom stereocenters. The zero-order valence-electron chi connectivity index (χ0n) is 23.6. The second kappa shape index (κ2) is 12.8. The number of piperidine rings is 1. The van der Waals surface area contributed by atoms with Crippen LogP contribution < -0.4 is 15.1 Å². The van der Waals surface area contributed by atoms with E-state index in [1.54, 1.807) is 6.07 Å². The molecule has 0 saturated carbocycles. The van der Waals surface area contributed by atoms with Crippen molar-refractivity contribution in [2.45, 2.75) is 26.3 Å². The fraction of sp³-hybridized carbons (Fsp3) is 0.281. The maximum Gasteiger partial charge on any atom is 0.336 e. The average molecular weight is 611 g/mol. The number of ether oxygens (including phenoxy) is 2. The molecule has 0 radical (unpaired) electrons. The van der Waals surface area contributed by atoms with E-state index in [9.17, 15) is 23.2 Å². The molecular weight excluding hydrogens is 582 g/mol. The van der Waals surface area contributed by atoms with Crippen molar-refractivity contribution < 1.29 is 32.3 Å². The summed E-state index contributed by atoms with van der Waals surface area (Å²) in [5.74, 6) is -1.51. The van der Waals surface area contributed by atoms with Gasteiger partial charge in [-0.05, 0) is 73.7 Å². The van der Waals surface area contributed by atoms with Gasteiger partial charge in [0.05, 0.1) is 11.6 Å². The van der Waals surface area contributed by atoms with E-state index >= 15 is 0 Å². The molecule has 224 valence electrons. The van der Waals surface area contributed by atoms with Crippen LogP contribution in [0.15, 0.2) is 69.9 Å². The van der Waals surface area contributed by atoms with E-state index < -0.39 is 29.1 Å². The number of likely N-dealkylation sites (N-methyl/N-ethyl adjacent to an activating group) is 1. The zero-order chi connectivity index (χ0) is 30.7. The first kappa shape index (κ1) is 30.0. The number of amides is 2.